The van der Waals surface area contributed by atoms with Crippen molar-refractivity contribution in [3.8, 4) is 33.8 Å². The normalized spacial score (nSPS) is 11.5. The highest BCUT2D eigenvalue weighted by Crippen LogP contribution is 2.33. The van der Waals surface area contributed by atoms with Crippen molar-refractivity contribution in [2.75, 3.05) is 37.8 Å². The Morgan fingerprint density at radius 3 is 2.66 bits per heavy atom. The van der Waals surface area contributed by atoms with Crippen LogP contribution in [0.5, 0.6) is 0 Å². The summed E-state index contributed by atoms with van der Waals surface area (Å²) in [5, 5.41) is 14.4. The van der Waals surface area contributed by atoms with Gasteiger partial charge in [-0.3, -0.25) is 14.9 Å². The summed E-state index contributed by atoms with van der Waals surface area (Å²) >= 11 is 0. The standard InChI is InChI=1S/C32H33FN10O/c1-4-5-6-27(44)38-24-13-20(16-34-18-24)21-14-26-29(41-42-30(26)37-17-21)32-39-28-25(7-8-36-31(28)40-32)19-11-22(33)15-23(12-19)35-9-10-43(2)3/h7-8,11-18,35H,4-6,9-10H2,1-3H3,(H,38,44)(H,36,39,40)(H,37,41,42). The molecule has 0 unspecified atom stereocenters. The first-order valence-electron chi connectivity index (χ1n) is 14.5. The summed E-state index contributed by atoms with van der Waals surface area (Å²) in [5.41, 5.74) is 6.68. The number of nitrogens with zero attached hydrogens (tertiary/aromatic N) is 6. The SMILES string of the molecule is CCCCC(=O)Nc1cncc(-c2cnc3[nH]nc(-c4nc5c(-c6cc(F)cc(NCCN(C)C)c6)ccnc5[nH]4)c3c2)c1. The number of carbonyl (C=O) groups is 1. The molecule has 44 heavy (non-hydrogen) atoms. The molecule has 0 aliphatic heterocycles. The van der Waals surface area contributed by atoms with Gasteiger partial charge in [0, 0.05) is 60.5 Å². The fraction of sp³-hybridized carbons (Fsp3) is 0.250. The van der Waals surface area contributed by atoms with Gasteiger partial charge >= 0.3 is 0 Å². The largest absolute Gasteiger partial charge is 0.384 e. The van der Waals surface area contributed by atoms with Gasteiger partial charge in [-0.1, -0.05) is 13.3 Å². The number of aromatic nitrogens is 7. The first kappa shape index (κ1) is 28.9. The number of halogens is 1. The molecule has 1 amide bonds. The molecule has 5 aromatic heterocycles. The molecule has 0 radical (unpaired) electrons. The third-order valence-corrected chi connectivity index (χ3v) is 7.24. The first-order valence-corrected chi connectivity index (χ1v) is 14.5. The van der Waals surface area contributed by atoms with Gasteiger partial charge in [0.15, 0.2) is 17.1 Å². The van der Waals surface area contributed by atoms with E-state index in [1.807, 2.05) is 38.4 Å². The molecule has 0 bridgehead atoms. The van der Waals surface area contributed by atoms with Crippen molar-refractivity contribution >= 4 is 39.5 Å². The number of amides is 1. The lowest BCUT2D eigenvalue weighted by molar-refractivity contribution is -0.116. The minimum absolute atomic E-state index is 0.0376. The number of carbonyl (C=O) groups excluding carboxylic acids is 1. The van der Waals surface area contributed by atoms with Gasteiger partial charge in [-0.15, -0.1) is 0 Å². The molecule has 5 heterocycles. The molecule has 4 N–H and O–H groups in total. The summed E-state index contributed by atoms with van der Waals surface area (Å²) in [4.78, 5) is 35.8. The molecule has 6 aromatic rings. The van der Waals surface area contributed by atoms with Crippen molar-refractivity contribution < 1.29 is 9.18 Å². The van der Waals surface area contributed by atoms with Crippen LogP contribution >= 0.6 is 0 Å². The second kappa shape index (κ2) is 12.6. The molecular weight excluding hydrogens is 559 g/mol. The lowest BCUT2D eigenvalue weighted by Gasteiger charge is -2.12. The van der Waals surface area contributed by atoms with Crippen LogP contribution in [0.4, 0.5) is 15.8 Å². The van der Waals surface area contributed by atoms with Crippen LogP contribution < -0.4 is 10.6 Å². The highest BCUT2D eigenvalue weighted by Gasteiger charge is 2.18. The summed E-state index contributed by atoms with van der Waals surface area (Å²) < 4.78 is 14.7. The average molecular weight is 593 g/mol. The van der Waals surface area contributed by atoms with Gasteiger partial charge in [-0.25, -0.2) is 19.3 Å². The summed E-state index contributed by atoms with van der Waals surface area (Å²) in [6.07, 6.45) is 9.01. The number of H-pyrrole nitrogens is 2. The molecule has 0 aliphatic carbocycles. The zero-order valence-electron chi connectivity index (χ0n) is 24.8. The maximum Gasteiger partial charge on any atom is 0.224 e. The number of fused-ring (bicyclic) bond motifs is 2. The van der Waals surface area contributed by atoms with Gasteiger partial charge < -0.3 is 20.5 Å². The van der Waals surface area contributed by atoms with Crippen LogP contribution in [0.3, 0.4) is 0 Å². The predicted octanol–water partition coefficient (Wildman–Crippen LogP) is 5.87. The molecule has 0 aliphatic rings. The number of pyridine rings is 3. The van der Waals surface area contributed by atoms with E-state index in [9.17, 15) is 9.18 Å². The Hall–Kier alpha value is -5.23. The fourth-order valence-corrected chi connectivity index (χ4v) is 5.00. The third kappa shape index (κ3) is 6.25. The highest BCUT2D eigenvalue weighted by atomic mass is 19.1. The first-order chi connectivity index (χ1) is 21.4. The highest BCUT2D eigenvalue weighted by molar-refractivity contribution is 5.96. The lowest BCUT2D eigenvalue weighted by atomic mass is 10.0. The van der Waals surface area contributed by atoms with Crippen LogP contribution in [0.1, 0.15) is 26.2 Å². The van der Waals surface area contributed by atoms with Gasteiger partial charge in [-0.2, -0.15) is 5.10 Å². The van der Waals surface area contributed by atoms with Crippen molar-refractivity contribution in [2.45, 2.75) is 26.2 Å². The summed E-state index contributed by atoms with van der Waals surface area (Å²) in [6.45, 7) is 3.56. The van der Waals surface area contributed by atoms with Gasteiger partial charge in [0.2, 0.25) is 5.91 Å². The Morgan fingerprint density at radius 1 is 0.977 bits per heavy atom. The van der Waals surface area contributed by atoms with Crippen LogP contribution in [0.2, 0.25) is 0 Å². The lowest BCUT2D eigenvalue weighted by Crippen LogP contribution is -2.20. The maximum absolute atomic E-state index is 14.7. The predicted molar refractivity (Wildman–Crippen MR) is 171 cm³/mol. The van der Waals surface area contributed by atoms with E-state index in [-0.39, 0.29) is 11.7 Å². The Morgan fingerprint density at radius 2 is 1.82 bits per heavy atom. The molecule has 0 spiro atoms. The Bertz CT molecular complexity index is 1950. The number of hydrogen-bond acceptors (Lipinski definition) is 8. The molecule has 0 atom stereocenters. The minimum Gasteiger partial charge on any atom is -0.384 e. The van der Waals surface area contributed by atoms with Crippen molar-refractivity contribution in [3.63, 3.8) is 0 Å². The van der Waals surface area contributed by atoms with E-state index < -0.39 is 0 Å². The topological polar surface area (TPSA) is 140 Å². The number of nitrogens with one attached hydrogen (secondary N) is 4. The average Bonchev–Trinajstić information content (AvgIpc) is 3.63. The van der Waals surface area contributed by atoms with Crippen LogP contribution in [0, 0.1) is 5.82 Å². The zero-order chi connectivity index (χ0) is 30.6. The molecule has 11 nitrogen and oxygen atoms in total. The second-order valence-corrected chi connectivity index (χ2v) is 10.9. The smallest absolute Gasteiger partial charge is 0.224 e. The molecule has 0 fully saturated rings. The van der Waals surface area contributed by atoms with Gasteiger partial charge in [0.05, 0.1) is 17.3 Å². The number of benzene rings is 1. The van der Waals surface area contributed by atoms with Crippen molar-refractivity contribution in [1.29, 1.82) is 0 Å². The summed E-state index contributed by atoms with van der Waals surface area (Å²) in [6, 6.07) is 10.6. The molecule has 0 saturated carbocycles. The summed E-state index contributed by atoms with van der Waals surface area (Å²) in [7, 11) is 3.99. The van der Waals surface area contributed by atoms with Crippen LogP contribution in [-0.4, -0.2) is 73.1 Å². The number of rotatable bonds is 11. The second-order valence-electron chi connectivity index (χ2n) is 10.9. The van der Waals surface area contributed by atoms with Crippen LogP contribution in [0.25, 0.3) is 56.0 Å². The molecule has 224 valence electrons. The van der Waals surface area contributed by atoms with E-state index in [4.69, 9.17) is 4.98 Å². The molecule has 1 aromatic carbocycles. The van der Waals surface area contributed by atoms with E-state index in [1.165, 1.54) is 12.1 Å². The molecule has 6 rings (SSSR count). The zero-order valence-corrected chi connectivity index (χ0v) is 24.8. The van der Waals surface area contributed by atoms with E-state index in [1.54, 1.807) is 24.8 Å². The Balaban J connectivity index is 1.33. The number of anilines is 2. The Kier molecular flexibility index (Phi) is 8.24. The minimum atomic E-state index is -0.341. The van der Waals surface area contributed by atoms with E-state index in [0.29, 0.717) is 58.2 Å². The fourth-order valence-electron chi connectivity index (χ4n) is 5.00. The van der Waals surface area contributed by atoms with Crippen LogP contribution in [0.15, 0.2) is 61.2 Å². The van der Waals surface area contributed by atoms with Crippen molar-refractivity contribution in [1.82, 2.24) is 40.0 Å². The van der Waals surface area contributed by atoms with Gasteiger partial charge in [-0.05, 0) is 62.5 Å². The quantitative estimate of drug-likeness (QED) is 0.147. The van der Waals surface area contributed by atoms with E-state index in [0.717, 1.165) is 41.5 Å². The number of aromatic amines is 2. The molecular formula is C32H33FN10O. The van der Waals surface area contributed by atoms with Crippen molar-refractivity contribution in [3.05, 3.63) is 67.0 Å². The van der Waals surface area contributed by atoms with Gasteiger partial charge in [0.25, 0.3) is 0 Å². The van der Waals surface area contributed by atoms with E-state index in [2.05, 4.69) is 52.6 Å². The monoisotopic (exact) mass is 592 g/mol. The molecule has 12 heteroatoms. The third-order valence-electron chi connectivity index (χ3n) is 7.24. The van der Waals surface area contributed by atoms with Crippen LogP contribution in [-0.2, 0) is 4.79 Å². The number of imidazole rings is 1. The maximum atomic E-state index is 14.7. The Labute approximate surface area is 253 Å². The molecule has 0 saturated heterocycles. The van der Waals surface area contributed by atoms with E-state index >= 15 is 0 Å². The number of unbranched alkanes of at least 4 members (excludes halogenated alkanes) is 1. The van der Waals surface area contributed by atoms with Crippen molar-refractivity contribution in [2.24, 2.45) is 0 Å². The number of likely N-dealkylation sites (N-methyl/N-ethyl adjacent to an activating group) is 1. The van der Waals surface area contributed by atoms with Gasteiger partial charge in [0.1, 0.15) is 17.0 Å². The number of hydrogen-bond donors (Lipinski definition) is 4. The summed E-state index contributed by atoms with van der Waals surface area (Å²) in [5.74, 6) is 0.122.